The van der Waals surface area contributed by atoms with E-state index >= 15 is 0 Å². The molecule has 0 fully saturated rings. The maximum Gasteiger partial charge on any atom is 0.419 e. The zero-order valence-corrected chi connectivity index (χ0v) is 9.36. The van der Waals surface area contributed by atoms with Gasteiger partial charge in [-0.15, -0.1) is 0 Å². The van der Waals surface area contributed by atoms with Crippen LogP contribution in [0.5, 0.6) is 0 Å². The van der Waals surface area contributed by atoms with Gasteiger partial charge in [-0.05, 0) is 13.3 Å². The molecule has 0 aromatic heterocycles. The minimum absolute atomic E-state index is 0.000945. The van der Waals surface area contributed by atoms with E-state index in [2.05, 4.69) is 16.5 Å². The average Bonchev–Trinajstić information content (AvgIpc) is 2.23. The largest absolute Gasteiger partial charge is 0.457 e. The SMILES string of the molecule is CCCCCOCC(=[N+]=[N-])C(=O)OCC. The molecule has 15 heavy (non-hydrogen) atoms. The highest BCUT2D eigenvalue weighted by Gasteiger charge is 2.21. The third-order valence-corrected chi connectivity index (χ3v) is 1.76. The van der Waals surface area contributed by atoms with Gasteiger partial charge in [-0.2, -0.15) is 4.79 Å². The molecule has 0 atom stereocenters. The summed E-state index contributed by atoms with van der Waals surface area (Å²) in [5, 5.41) is 0. The molecular formula is C10H18N2O3. The number of carbonyl (C=O) groups is 1. The molecule has 0 spiro atoms. The van der Waals surface area contributed by atoms with Crippen LogP contribution >= 0.6 is 0 Å². The molecule has 0 aliphatic heterocycles. The fourth-order valence-corrected chi connectivity index (χ4v) is 0.966. The zero-order valence-electron chi connectivity index (χ0n) is 9.36. The Labute approximate surface area is 90.0 Å². The van der Waals surface area contributed by atoms with Crippen LogP contribution in [0.2, 0.25) is 0 Å². The highest BCUT2D eigenvalue weighted by atomic mass is 16.5. The molecule has 0 saturated heterocycles. The van der Waals surface area contributed by atoms with Gasteiger partial charge < -0.3 is 15.0 Å². The normalized spacial score (nSPS) is 9.47. The second kappa shape index (κ2) is 9.37. The minimum Gasteiger partial charge on any atom is -0.457 e. The second-order valence-corrected chi connectivity index (χ2v) is 3.03. The van der Waals surface area contributed by atoms with Gasteiger partial charge in [-0.3, -0.25) is 0 Å². The van der Waals surface area contributed by atoms with Crippen LogP contribution in [0.4, 0.5) is 0 Å². The van der Waals surface area contributed by atoms with Gasteiger partial charge in [0.15, 0.2) is 6.61 Å². The smallest absolute Gasteiger partial charge is 0.419 e. The van der Waals surface area contributed by atoms with Crippen LogP contribution in [0, 0.1) is 0 Å². The molecule has 5 nitrogen and oxygen atoms in total. The maximum absolute atomic E-state index is 11.1. The summed E-state index contributed by atoms with van der Waals surface area (Å²) < 4.78 is 9.83. The van der Waals surface area contributed by atoms with Crippen molar-refractivity contribution in [1.82, 2.24) is 0 Å². The predicted molar refractivity (Wildman–Crippen MR) is 55.6 cm³/mol. The van der Waals surface area contributed by atoms with Crippen LogP contribution in [0.25, 0.3) is 5.53 Å². The molecule has 86 valence electrons. The van der Waals surface area contributed by atoms with E-state index in [4.69, 9.17) is 10.3 Å². The number of hydrogen-bond acceptors (Lipinski definition) is 3. The molecule has 0 rings (SSSR count). The van der Waals surface area contributed by atoms with E-state index < -0.39 is 5.97 Å². The zero-order chi connectivity index (χ0) is 11.5. The Balaban J connectivity index is 3.72. The lowest BCUT2D eigenvalue weighted by Gasteiger charge is -2.00. The van der Waals surface area contributed by atoms with Crippen molar-refractivity contribution < 1.29 is 19.1 Å². The van der Waals surface area contributed by atoms with E-state index in [0.717, 1.165) is 19.3 Å². The van der Waals surface area contributed by atoms with Crippen LogP contribution in [-0.2, 0) is 14.3 Å². The molecule has 0 aliphatic rings. The van der Waals surface area contributed by atoms with Gasteiger partial charge in [-0.1, -0.05) is 19.8 Å². The summed E-state index contributed by atoms with van der Waals surface area (Å²) in [7, 11) is 0. The van der Waals surface area contributed by atoms with Crippen LogP contribution in [0.1, 0.15) is 33.1 Å². The summed E-state index contributed by atoms with van der Waals surface area (Å²) in [6.45, 7) is 4.60. The number of unbranched alkanes of at least 4 members (excludes halogenated alkanes) is 2. The summed E-state index contributed by atoms with van der Waals surface area (Å²) in [4.78, 5) is 13.9. The quantitative estimate of drug-likeness (QED) is 0.202. The number of rotatable bonds is 8. The van der Waals surface area contributed by atoms with Crippen molar-refractivity contribution in [3.05, 3.63) is 5.53 Å². The lowest BCUT2D eigenvalue weighted by molar-refractivity contribution is -0.140. The molecule has 0 unspecified atom stereocenters. The van der Waals surface area contributed by atoms with Gasteiger partial charge in [0.05, 0.1) is 6.61 Å². The number of carbonyl (C=O) groups excluding carboxylic acids is 1. The first-order valence-corrected chi connectivity index (χ1v) is 5.22. The molecule has 0 bridgehead atoms. The lowest BCUT2D eigenvalue weighted by atomic mass is 10.3. The van der Waals surface area contributed by atoms with E-state index in [9.17, 15) is 4.79 Å². The van der Waals surface area contributed by atoms with Crippen molar-refractivity contribution in [1.29, 1.82) is 0 Å². The Morgan fingerprint density at radius 2 is 2.07 bits per heavy atom. The highest BCUT2D eigenvalue weighted by Crippen LogP contribution is 1.94. The monoisotopic (exact) mass is 214 g/mol. The summed E-state index contributed by atoms with van der Waals surface area (Å²) >= 11 is 0. The van der Waals surface area contributed by atoms with E-state index in [1.807, 2.05) is 0 Å². The Kier molecular flexibility index (Phi) is 8.63. The highest BCUT2D eigenvalue weighted by molar-refractivity contribution is 6.34. The van der Waals surface area contributed by atoms with Crippen molar-refractivity contribution in [2.24, 2.45) is 0 Å². The molecule has 5 heteroatoms. The van der Waals surface area contributed by atoms with E-state index in [0.29, 0.717) is 6.61 Å². The molecule has 0 saturated carbocycles. The maximum atomic E-state index is 11.1. The first-order valence-electron chi connectivity index (χ1n) is 5.22. The van der Waals surface area contributed by atoms with Gasteiger partial charge >= 0.3 is 11.7 Å². The molecule has 0 N–H and O–H groups in total. The predicted octanol–water partition coefficient (Wildman–Crippen LogP) is 1.43. The molecule has 0 aromatic carbocycles. The summed E-state index contributed by atoms with van der Waals surface area (Å²) in [6.07, 6.45) is 3.14. The molecule has 0 radical (unpaired) electrons. The second-order valence-electron chi connectivity index (χ2n) is 3.03. The van der Waals surface area contributed by atoms with E-state index in [1.54, 1.807) is 6.92 Å². The molecular weight excluding hydrogens is 196 g/mol. The van der Waals surface area contributed by atoms with E-state index in [-0.39, 0.29) is 18.9 Å². The van der Waals surface area contributed by atoms with Gasteiger partial charge in [0.25, 0.3) is 0 Å². The van der Waals surface area contributed by atoms with Gasteiger partial charge in [-0.25, -0.2) is 4.79 Å². The number of ether oxygens (including phenoxy) is 2. The average molecular weight is 214 g/mol. The van der Waals surface area contributed by atoms with Gasteiger partial charge in [0, 0.05) is 6.61 Å². The fraction of sp³-hybridized carbons (Fsp3) is 0.800. The first-order chi connectivity index (χ1) is 7.26. The molecule has 0 aromatic rings. The molecule has 0 heterocycles. The van der Waals surface area contributed by atoms with Crippen LogP contribution in [0.3, 0.4) is 0 Å². The fourth-order valence-electron chi connectivity index (χ4n) is 0.966. The van der Waals surface area contributed by atoms with Crippen molar-refractivity contribution in [2.75, 3.05) is 19.8 Å². The number of esters is 1. The van der Waals surface area contributed by atoms with Crippen molar-refractivity contribution >= 4 is 11.7 Å². The summed E-state index contributed by atoms with van der Waals surface area (Å²) in [5.41, 5.74) is 8.44. The Morgan fingerprint density at radius 1 is 1.33 bits per heavy atom. The minimum atomic E-state index is -0.629. The van der Waals surface area contributed by atoms with Crippen molar-refractivity contribution in [3.63, 3.8) is 0 Å². The van der Waals surface area contributed by atoms with Gasteiger partial charge in [0.1, 0.15) is 0 Å². The van der Waals surface area contributed by atoms with Crippen molar-refractivity contribution in [2.45, 2.75) is 33.1 Å². The Hall–Kier alpha value is -1.19. The van der Waals surface area contributed by atoms with Crippen LogP contribution < -0.4 is 0 Å². The lowest BCUT2D eigenvalue weighted by Crippen LogP contribution is -2.24. The third-order valence-electron chi connectivity index (χ3n) is 1.76. The van der Waals surface area contributed by atoms with E-state index in [1.165, 1.54) is 0 Å². The summed E-state index contributed by atoms with van der Waals surface area (Å²) in [6, 6.07) is 0. The molecule has 0 amide bonds. The number of hydrogen-bond donors (Lipinski definition) is 0. The van der Waals surface area contributed by atoms with Crippen molar-refractivity contribution in [3.8, 4) is 0 Å². The molecule has 0 aliphatic carbocycles. The van der Waals surface area contributed by atoms with Crippen LogP contribution in [0.15, 0.2) is 0 Å². The number of nitrogens with zero attached hydrogens (tertiary/aromatic N) is 2. The van der Waals surface area contributed by atoms with Gasteiger partial charge in [0.2, 0.25) is 0 Å². The summed E-state index contributed by atoms with van der Waals surface area (Å²) in [5.74, 6) is -0.629. The third kappa shape index (κ3) is 6.82. The standard InChI is InChI=1S/C10H18N2O3/c1-3-5-6-7-14-8-9(12-11)10(13)15-4-2/h3-8H2,1-2H3. The Morgan fingerprint density at radius 3 is 2.60 bits per heavy atom. The Bertz CT molecular complexity index is 235. The topological polar surface area (TPSA) is 71.9 Å². The van der Waals surface area contributed by atoms with Crippen LogP contribution in [-0.4, -0.2) is 36.3 Å². The first kappa shape index (κ1) is 13.8.